The van der Waals surface area contributed by atoms with Crippen molar-refractivity contribution in [1.29, 1.82) is 0 Å². The summed E-state index contributed by atoms with van der Waals surface area (Å²) in [7, 11) is 0. The fraction of sp³-hybridized carbons (Fsp3) is 0.200. The van der Waals surface area contributed by atoms with E-state index in [-0.39, 0.29) is 5.91 Å². The Morgan fingerprint density at radius 1 is 1.08 bits per heavy atom. The maximum atomic E-state index is 10.9. The molecule has 0 aliphatic heterocycles. The van der Waals surface area contributed by atoms with Crippen molar-refractivity contribution >= 4 is 28.1 Å². The normalized spacial score (nSPS) is 10.5. The van der Waals surface area contributed by atoms with Crippen molar-refractivity contribution < 1.29 is 4.79 Å². The first kappa shape index (κ1) is 17.2. The Morgan fingerprint density at radius 2 is 1.80 bits per heavy atom. The summed E-state index contributed by atoms with van der Waals surface area (Å²) in [6, 6.07) is 16.6. The number of anilines is 2. The Labute approximate surface area is 151 Å². The highest BCUT2D eigenvalue weighted by Crippen LogP contribution is 2.27. The van der Waals surface area contributed by atoms with Gasteiger partial charge >= 0.3 is 0 Å². The first-order valence-electron chi connectivity index (χ1n) is 8.23. The molecule has 4 nitrogen and oxygen atoms in total. The predicted molar refractivity (Wildman–Crippen MR) is 104 cm³/mol. The van der Waals surface area contributed by atoms with Crippen LogP contribution in [-0.2, 0) is 11.2 Å². The second kappa shape index (κ2) is 7.94. The van der Waals surface area contributed by atoms with Crippen molar-refractivity contribution in [3.05, 3.63) is 65.0 Å². The fourth-order valence-electron chi connectivity index (χ4n) is 2.45. The van der Waals surface area contributed by atoms with E-state index in [0.717, 1.165) is 28.5 Å². The molecule has 0 unspecified atom stereocenters. The lowest BCUT2D eigenvalue weighted by Gasteiger charge is -2.04. The van der Waals surface area contributed by atoms with Crippen LogP contribution in [0.2, 0.25) is 0 Å². The van der Waals surface area contributed by atoms with Crippen molar-refractivity contribution in [1.82, 2.24) is 10.3 Å². The van der Waals surface area contributed by atoms with E-state index in [1.807, 2.05) is 0 Å². The van der Waals surface area contributed by atoms with Crippen LogP contribution in [0.15, 0.2) is 53.9 Å². The molecule has 1 amide bonds. The zero-order chi connectivity index (χ0) is 17.6. The first-order chi connectivity index (χ1) is 12.1. The SMILES string of the molecule is CC(=O)NCCc1ccc(-c2csc(Nc3ccc(C)cc3)n2)cc1. The maximum Gasteiger partial charge on any atom is 0.216 e. The number of rotatable bonds is 6. The van der Waals surface area contributed by atoms with Crippen molar-refractivity contribution in [3.63, 3.8) is 0 Å². The van der Waals surface area contributed by atoms with Crippen LogP contribution in [0.25, 0.3) is 11.3 Å². The lowest BCUT2D eigenvalue weighted by atomic mass is 10.1. The highest BCUT2D eigenvalue weighted by Gasteiger charge is 2.05. The lowest BCUT2D eigenvalue weighted by Crippen LogP contribution is -2.22. The number of carbonyl (C=O) groups excluding carboxylic acids is 1. The summed E-state index contributed by atoms with van der Waals surface area (Å²) in [4.78, 5) is 15.6. The van der Waals surface area contributed by atoms with E-state index in [1.165, 1.54) is 18.1 Å². The van der Waals surface area contributed by atoms with Crippen molar-refractivity contribution in [2.45, 2.75) is 20.3 Å². The average Bonchev–Trinajstić information content (AvgIpc) is 3.06. The van der Waals surface area contributed by atoms with Gasteiger partial charge in [-0.2, -0.15) is 0 Å². The number of nitrogens with zero attached hydrogens (tertiary/aromatic N) is 1. The minimum absolute atomic E-state index is 0.00713. The highest BCUT2D eigenvalue weighted by atomic mass is 32.1. The van der Waals surface area contributed by atoms with Crippen molar-refractivity contribution in [2.75, 3.05) is 11.9 Å². The number of hydrogen-bond acceptors (Lipinski definition) is 4. The third-order valence-electron chi connectivity index (χ3n) is 3.84. The number of thiazole rings is 1. The molecular formula is C20H21N3OS. The van der Waals surface area contributed by atoms with Gasteiger partial charge in [-0.05, 0) is 31.0 Å². The molecule has 1 heterocycles. The molecule has 2 N–H and O–H groups in total. The van der Waals surface area contributed by atoms with Gasteiger partial charge in [0.25, 0.3) is 0 Å². The molecule has 5 heteroatoms. The molecule has 25 heavy (non-hydrogen) atoms. The molecule has 0 aliphatic carbocycles. The molecule has 0 spiro atoms. The summed E-state index contributed by atoms with van der Waals surface area (Å²) in [5, 5.41) is 9.09. The maximum absolute atomic E-state index is 10.9. The molecule has 0 bridgehead atoms. The number of aromatic nitrogens is 1. The van der Waals surface area contributed by atoms with Crippen LogP contribution in [0.3, 0.4) is 0 Å². The second-order valence-corrected chi connectivity index (χ2v) is 6.82. The van der Waals surface area contributed by atoms with Gasteiger partial charge in [-0.3, -0.25) is 4.79 Å². The quantitative estimate of drug-likeness (QED) is 0.685. The number of hydrogen-bond donors (Lipinski definition) is 2. The third kappa shape index (κ3) is 4.90. The summed E-state index contributed by atoms with van der Waals surface area (Å²) in [5.41, 5.74) is 5.54. The minimum atomic E-state index is 0.00713. The molecule has 0 saturated carbocycles. The third-order valence-corrected chi connectivity index (χ3v) is 4.60. The Bertz CT molecular complexity index is 838. The van der Waals surface area contributed by atoms with Gasteiger partial charge in [-0.1, -0.05) is 42.0 Å². The Morgan fingerprint density at radius 3 is 2.48 bits per heavy atom. The summed E-state index contributed by atoms with van der Waals surface area (Å²) in [5.74, 6) is 0.00713. The van der Waals surface area contributed by atoms with Gasteiger partial charge in [0.1, 0.15) is 0 Å². The van der Waals surface area contributed by atoms with Gasteiger partial charge in [0, 0.05) is 30.1 Å². The molecule has 128 valence electrons. The van der Waals surface area contributed by atoms with Crippen molar-refractivity contribution in [3.8, 4) is 11.3 Å². The second-order valence-electron chi connectivity index (χ2n) is 5.96. The number of benzene rings is 2. The van der Waals surface area contributed by atoms with E-state index in [1.54, 1.807) is 11.3 Å². The van der Waals surface area contributed by atoms with E-state index in [4.69, 9.17) is 0 Å². The zero-order valence-corrected chi connectivity index (χ0v) is 15.2. The molecule has 2 aromatic carbocycles. The number of nitrogens with one attached hydrogen (secondary N) is 2. The highest BCUT2D eigenvalue weighted by molar-refractivity contribution is 7.14. The Balaban J connectivity index is 1.63. The zero-order valence-electron chi connectivity index (χ0n) is 14.4. The standard InChI is InChI=1S/C20H21N3OS/c1-14-3-9-18(10-4-14)22-20-23-19(13-25-20)17-7-5-16(6-8-17)11-12-21-15(2)24/h3-10,13H,11-12H2,1-2H3,(H,21,24)(H,22,23). The van der Waals surface area contributed by atoms with E-state index < -0.39 is 0 Å². The van der Waals surface area contributed by atoms with Gasteiger partial charge in [0.2, 0.25) is 5.91 Å². The van der Waals surface area contributed by atoms with Crippen LogP contribution >= 0.6 is 11.3 Å². The summed E-state index contributed by atoms with van der Waals surface area (Å²) in [6.07, 6.45) is 0.831. The minimum Gasteiger partial charge on any atom is -0.356 e. The topological polar surface area (TPSA) is 54.0 Å². The van der Waals surface area contributed by atoms with Gasteiger partial charge < -0.3 is 10.6 Å². The molecule has 1 aromatic heterocycles. The summed E-state index contributed by atoms with van der Waals surface area (Å²) >= 11 is 1.59. The largest absolute Gasteiger partial charge is 0.356 e. The van der Waals surface area contributed by atoms with Crippen LogP contribution in [0.5, 0.6) is 0 Å². The monoisotopic (exact) mass is 351 g/mol. The molecule has 0 aliphatic rings. The first-order valence-corrected chi connectivity index (χ1v) is 9.11. The van der Waals surface area contributed by atoms with E-state index in [2.05, 4.69) is 76.5 Å². The van der Waals surface area contributed by atoms with Crippen LogP contribution in [0.4, 0.5) is 10.8 Å². The van der Waals surface area contributed by atoms with Gasteiger partial charge in [0.15, 0.2) is 5.13 Å². The van der Waals surface area contributed by atoms with Crippen LogP contribution in [0, 0.1) is 6.92 Å². The van der Waals surface area contributed by atoms with Gasteiger partial charge in [-0.25, -0.2) is 4.98 Å². The molecule has 0 radical (unpaired) electrons. The van der Waals surface area contributed by atoms with Gasteiger partial charge in [0.05, 0.1) is 5.69 Å². The molecule has 0 atom stereocenters. The summed E-state index contributed by atoms with van der Waals surface area (Å²) in [6.45, 7) is 4.27. The fourth-order valence-corrected chi connectivity index (χ4v) is 3.19. The summed E-state index contributed by atoms with van der Waals surface area (Å²) < 4.78 is 0. The number of aryl methyl sites for hydroxylation is 1. The molecule has 0 fully saturated rings. The van der Waals surface area contributed by atoms with E-state index in [9.17, 15) is 4.79 Å². The van der Waals surface area contributed by atoms with Gasteiger partial charge in [-0.15, -0.1) is 11.3 Å². The lowest BCUT2D eigenvalue weighted by molar-refractivity contribution is -0.118. The van der Waals surface area contributed by atoms with Crippen molar-refractivity contribution in [2.24, 2.45) is 0 Å². The van der Waals surface area contributed by atoms with E-state index >= 15 is 0 Å². The van der Waals surface area contributed by atoms with Crippen LogP contribution < -0.4 is 10.6 Å². The molecule has 3 aromatic rings. The van der Waals surface area contributed by atoms with Crippen LogP contribution in [-0.4, -0.2) is 17.4 Å². The Kier molecular flexibility index (Phi) is 5.46. The average molecular weight is 351 g/mol. The Hall–Kier alpha value is -2.66. The molecular weight excluding hydrogens is 330 g/mol. The van der Waals surface area contributed by atoms with Crippen LogP contribution in [0.1, 0.15) is 18.1 Å². The molecule has 3 rings (SSSR count). The molecule has 0 saturated heterocycles. The van der Waals surface area contributed by atoms with E-state index in [0.29, 0.717) is 6.54 Å². The number of carbonyl (C=O) groups is 1. The smallest absolute Gasteiger partial charge is 0.216 e. The predicted octanol–water partition coefficient (Wildman–Crippen LogP) is 4.54. The number of amides is 1.